The van der Waals surface area contributed by atoms with E-state index in [1.54, 1.807) is 0 Å². The summed E-state index contributed by atoms with van der Waals surface area (Å²) in [6, 6.07) is 53.2. The summed E-state index contributed by atoms with van der Waals surface area (Å²) < 4.78 is 4.94. The highest BCUT2D eigenvalue weighted by Gasteiger charge is 2.24. The quantitative estimate of drug-likeness (QED) is 0.175. The predicted octanol–water partition coefficient (Wildman–Crippen LogP) is 14.8. The van der Waals surface area contributed by atoms with E-state index in [1.807, 2.05) is 11.3 Å². The van der Waals surface area contributed by atoms with Gasteiger partial charge in [-0.15, -0.1) is 11.3 Å². The lowest BCUT2D eigenvalue weighted by Crippen LogP contribution is -2.06. The van der Waals surface area contributed by atoms with Gasteiger partial charge in [0.15, 0.2) is 5.82 Å². The summed E-state index contributed by atoms with van der Waals surface area (Å²) in [7, 11) is 0. The molecule has 0 N–H and O–H groups in total. The molecule has 0 bridgehead atoms. The maximum absolute atomic E-state index is 5.49. The van der Waals surface area contributed by atoms with Gasteiger partial charge in [-0.2, -0.15) is 0 Å². The van der Waals surface area contributed by atoms with E-state index in [0.717, 1.165) is 46.4 Å². The molecule has 0 saturated heterocycles. The third-order valence-corrected chi connectivity index (χ3v) is 13.4. The Morgan fingerprint density at radius 2 is 1.41 bits per heavy atom. The number of allylic oxidation sites excluding steroid dienone is 8. The van der Waals surface area contributed by atoms with Gasteiger partial charge in [0, 0.05) is 53.2 Å². The van der Waals surface area contributed by atoms with Crippen molar-refractivity contribution in [1.82, 2.24) is 14.5 Å². The summed E-state index contributed by atoms with van der Waals surface area (Å²) in [4.78, 5) is 10.7. The topological polar surface area (TPSA) is 30.7 Å². The zero-order chi connectivity index (χ0) is 38.3. The van der Waals surface area contributed by atoms with Crippen molar-refractivity contribution in [2.75, 3.05) is 0 Å². The highest BCUT2D eigenvalue weighted by atomic mass is 32.1. The smallest absolute Gasteiger partial charge is 0.160 e. The molecule has 1 atom stereocenters. The van der Waals surface area contributed by atoms with Crippen LogP contribution in [-0.4, -0.2) is 14.5 Å². The molecule has 58 heavy (non-hydrogen) atoms. The zero-order valence-corrected chi connectivity index (χ0v) is 32.8. The van der Waals surface area contributed by atoms with Crippen LogP contribution < -0.4 is 0 Å². The molecule has 3 nitrogen and oxygen atoms in total. The number of fused-ring (bicyclic) bond motifs is 9. The number of hydrogen-bond acceptors (Lipinski definition) is 3. The maximum atomic E-state index is 5.49. The maximum Gasteiger partial charge on any atom is 0.160 e. The van der Waals surface area contributed by atoms with Crippen molar-refractivity contribution in [3.05, 3.63) is 193 Å². The first-order valence-electron chi connectivity index (χ1n) is 20.2. The van der Waals surface area contributed by atoms with Gasteiger partial charge < -0.3 is 4.57 Å². The third-order valence-electron chi connectivity index (χ3n) is 12.3. The van der Waals surface area contributed by atoms with Crippen LogP contribution in [-0.2, 0) is 0 Å². The molecule has 4 heteroatoms. The molecule has 3 heterocycles. The molecule has 1 unspecified atom stereocenters. The van der Waals surface area contributed by atoms with Crippen molar-refractivity contribution in [1.29, 1.82) is 0 Å². The normalized spacial score (nSPS) is 15.6. The van der Waals surface area contributed by atoms with Gasteiger partial charge in [-0.1, -0.05) is 128 Å². The molecule has 0 aliphatic heterocycles. The van der Waals surface area contributed by atoms with Gasteiger partial charge in [-0.3, -0.25) is 0 Å². The summed E-state index contributed by atoms with van der Waals surface area (Å²) in [6.45, 7) is 2.32. The molecule has 0 amide bonds. The number of hydrogen-bond donors (Lipinski definition) is 0. The van der Waals surface area contributed by atoms with Gasteiger partial charge >= 0.3 is 0 Å². The number of aromatic nitrogens is 3. The Kier molecular flexibility index (Phi) is 7.51. The van der Waals surface area contributed by atoms with E-state index >= 15 is 0 Å². The van der Waals surface area contributed by atoms with E-state index in [9.17, 15) is 0 Å². The number of benzene rings is 7. The average molecular weight is 760 g/mol. The van der Waals surface area contributed by atoms with Crippen molar-refractivity contribution in [3.8, 4) is 28.1 Å². The molecular weight excluding hydrogens is 723 g/mol. The fourth-order valence-electron chi connectivity index (χ4n) is 9.56. The summed E-state index contributed by atoms with van der Waals surface area (Å²) in [5.41, 5.74) is 13.0. The largest absolute Gasteiger partial charge is 0.309 e. The number of para-hydroxylation sites is 2. The molecule has 0 radical (unpaired) electrons. The lowest BCUT2D eigenvalue weighted by molar-refractivity contribution is 0.691. The summed E-state index contributed by atoms with van der Waals surface area (Å²) >= 11 is 1.85. The second-order valence-corrected chi connectivity index (χ2v) is 16.8. The summed E-state index contributed by atoms with van der Waals surface area (Å²) in [6.07, 6.45) is 13.2. The first kappa shape index (κ1) is 33.3. The van der Waals surface area contributed by atoms with Gasteiger partial charge in [-0.05, 0) is 106 Å². The molecule has 3 aromatic heterocycles. The van der Waals surface area contributed by atoms with Crippen molar-refractivity contribution < 1.29 is 0 Å². The Labute approximate surface area is 340 Å². The number of rotatable bonds is 5. The number of nitrogens with zero attached hydrogens (tertiary/aromatic N) is 3. The highest BCUT2D eigenvalue weighted by molar-refractivity contribution is 7.26. The van der Waals surface area contributed by atoms with Crippen molar-refractivity contribution in [2.24, 2.45) is 5.92 Å². The van der Waals surface area contributed by atoms with Crippen molar-refractivity contribution >= 4 is 80.6 Å². The van der Waals surface area contributed by atoms with E-state index in [2.05, 4.69) is 187 Å². The molecule has 0 spiro atoms. The van der Waals surface area contributed by atoms with Crippen LogP contribution in [0.2, 0.25) is 0 Å². The second-order valence-electron chi connectivity index (χ2n) is 15.7. The standard InChI is InChI=1S/C54H37N3S/c1-33-13-5-7-17-38(33)40-20-11-21-41(40)54-55-46-23-10-9-19-42(46)53(56-54)43-22-12-24-50-52(43)45-32-36(27-30-49(45)58-50)35-26-28-47-44(31-35)51-39-18-8-6-14-34(39)25-29-48(51)57(47)37-15-3-2-4-16-37/h2-12,14-19,21-33H,13,20H2,1H3. The van der Waals surface area contributed by atoms with Crippen molar-refractivity contribution in [2.45, 2.75) is 19.8 Å². The fraction of sp³-hybridized carbons (Fsp3) is 0.0741. The van der Waals surface area contributed by atoms with Gasteiger partial charge in [0.25, 0.3) is 0 Å². The minimum absolute atomic E-state index is 0.470. The second kappa shape index (κ2) is 13.1. The van der Waals surface area contributed by atoms with E-state index in [0.29, 0.717) is 5.92 Å². The molecule has 10 aromatic rings. The Morgan fingerprint density at radius 3 is 2.31 bits per heavy atom. The lowest BCUT2D eigenvalue weighted by Gasteiger charge is -2.20. The molecule has 2 aliphatic rings. The summed E-state index contributed by atoms with van der Waals surface area (Å²) in [5.74, 6) is 1.27. The van der Waals surface area contributed by atoms with Crippen LogP contribution in [0, 0.1) is 5.92 Å². The lowest BCUT2D eigenvalue weighted by atomic mass is 9.86. The van der Waals surface area contributed by atoms with E-state index in [4.69, 9.17) is 9.97 Å². The minimum Gasteiger partial charge on any atom is -0.309 e. The van der Waals surface area contributed by atoms with Gasteiger partial charge in [-0.25, -0.2) is 9.97 Å². The van der Waals surface area contributed by atoms with Crippen LogP contribution in [0.3, 0.4) is 0 Å². The van der Waals surface area contributed by atoms with Crippen LogP contribution >= 0.6 is 11.3 Å². The predicted molar refractivity (Wildman–Crippen MR) is 247 cm³/mol. The van der Waals surface area contributed by atoms with E-state index in [-0.39, 0.29) is 0 Å². The first-order valence-corrected chi connectivity index (χ1v) is 21.0. The van der Waals surface area contributed by atoms with Gasteiger partial charge in [0.2, 0.25) is 0 Å². The highest BCUT2D eigenvalue weighted by Crippen LogP contribution is 2.45. The zero-order valence-electron chi connectivity index (χ0n) is 32.0. The Morgan fingerprint density at radius 1 is 0.621 bits per heavy atom. The molecule has 0 fully saturated rings. The van der Waals surface area contributed by atoms with Crippen molar-refractivity contribution in [3.63, 3.8) is 0 Å². The van der Waals surface area contributed by atoms with Crippen LogP contribution in [0.4, 0.5) is 0 Å². The SMILES string of the molecule is CC1CC=CC=C1C1=C(c2nc(-c3cccc4sc5ccc(-c6ccc7c(c6)c6c8ccccc8ccc6n7-c6ccccc6)cc5c34)c3ccccc3n2)C=CC1. The Bertz CT molecular complexity index is 3470. The monoisotopic (exact) mass is 759 g/mol. The molecule has 274 valence electrons. The summed E-state index contributed by atoms with van der Waals surface area (Å²) in [5, 5.41) is 8.64. The van der Waals surface area contributed by atoms with Crippen LogP contribution in [0.1, 0.15) is 25.6 Å². The van der Waals surface area contributed by atoms with Crippen LogP contribution in [0.25, 0.3) is 97.3 Å². The Balaban J connectivity index is 1.06. The number of thiophene rings is 1. The first-order chi connectivity index (χ1) is 28.7. The Hall–Kier alpha value is -6.88. The van der Waals surface area contributed by atoms with Gasteiger partial charge in [0.1, 0.15) is 0 Å². The van der Waals surface area contributed by atoms with Crippen LogP contribution in [0.15, 0.2) is 187 Å². The molecule has 2 aliphatic carbocycles. The fourth-order valence-corrected chi connectivity index (χ4v) is 10.7. The van der Waals surface area contributed by atoms with E-state index in [1.165, 1.54) is 80.7 Å². The van der Waals surface area contributed by atoms with E-state index < -0.39 is 0 Å². The van der Waals surface area contributed by atoms with Crippen LogP contribution in [0.5, 0.6) is 0 Å². The molecule has 7 aromatic carbocycles. The van der Waals surface area contributed by atoms with Gasteiger partial charge in [0.05, 0.1) is 22.2 Å². The average Bonchev–Trinajstić information content (AvgIpc) is 4.00. The molecule has 12 rings (SSSR count). The minimum atomic E-state index is 0.470. The third kappa shape index (κ3) is 5.11. The molecular formula is C54H37N3S. The molecule has 0 saturated carbocycles.